The van der Waals surface area contributed by atoms with Crippen LogP contribution >= 0.6 is 0 Å². The minimum absolute atomic E-state index is 0.252. The molecule has 0 unspecified atom stereocenters. The lowest BCUT2D eigenvalue weighted by Gasteiger charge is -2.08. The largest absolute Gasteiger partial charge is 0.416 e. The Morgan fingerprint density at radius 1 is 1.27 bits per heavy atom. The highest BCUT2D eigenvalue weighted by Crippen LogP contribution is 2.29. The number of hydrogen-bond acceptors (Lipinski definition) is 2. The van der Waals surface area contributed by atoms with Gasteiger partial charge >= 0.3 is 6.18 Å². The average molecular weight is 217 g/mol. The molecule has 2 N–H and O–H groups in total. The summed E-state index contributed by atoms with van der Waals surface area (Å²) in [5, 5.41) is 0. The Kier molecular flexibility index (Phi) is 3.47. The quantitative estimate of drug-likeness (QED) is 0.784. The van der Waals surface area contributed by atoms with Crippen LogP contribution in [-0.4, -0.2) is 12.3 Å². The smallest absolute Gasteiger partial charge is 0.321 e. The predicted octanol–water partition coefficient (Wildman–Crippen LogP) is 1.77. The van der Waals surface area contributed by atoms with Crippen LogP contribution in [0, 0.1) is 0 Å². The number of carbonyl (C=O) groups excluding carboxylic acids is 1. The van der Waals surface area contributed by atoms with Crippen LogP contribution in [0.2, 0.25) is 0 Å². The summed E-state index contributed by atoms with van der Waals surface area (Å²) in [7, 11) is 0. The standard InChI is InChI=1S/C10H10F3NO/c11-10(12,13)8-3-1-7(2-4-8)5-9(14)6-15/h1-4,6,9H,5,14H2/t9-/m0/s1. The van der Waals surface area contributed by atoms with Crippen LogP contribution < -0.4 is 5.73 Å². The normalized spacial score (nSPS) is 13.6. The fourth-order valence-corrected chi connectivity index (χ4v) is 1.15. The molecule has 0 aliphatic carbocycles. The van der Waals surface area contributed by atoms with Crippen LogP contribution in [0.15, 0.2) is 24.3 Å². The predicted molar refractivity (Wildman–Crippen MR) is 49.2 cm³/mol. The molecular formula is C10H10F3NO. The molecule has 0 bridgehead atoms. The molecule has 0 fully saturated rings. The van der Waals surface area contributed by atoms with E-state index in [1.807, 2.05) is 0 Å². The molecule has 82 valence electrons. The molecule has 0 radical (unpaired) electrons. The highest BCUT2D eigenvalue weighted by Gasteiger charge is 2.29. The average Bonchev–Trinajstić information content (AvgIpc) is 2.17. The van der Waals surface area contributed by atoms with Crippen LogP contribution in [0.1, 0.15) is 11.1 Å². The molecule has 1 rings (SSSR count). The van der Waals surface area contributed by atoms with E-state index < -0.39 is 17.8 Å². The van der Waals surface area contributed by atoms with E-state index in [1.54, 1.807) is 0 Å². The Morgan fingerprint density at radius 2 is 1.80 bits per heavy atom. The SMILES string of the molecule is N[C@H](C=O)Cc1ccc(C(F)(F)F)cc1. The summed E-state index contributed by atoms with van der Waals surface area (Å²) in [5.41, 5.74) is 5.25. The summed E-state index contributed by atoms with van der Waals surface area (Å²) in [5.74, 6) is 0. The van der Waals surface area contributed by atoms with E-state index in [9.17, 15) is 18.0 Å². The van der Waals surface area contributed by atoms with Gasteiger partial charge in [-0.25, -0.2) is 0 Å². The molecule has 0 saturated carbocycles. The molecule has 2 nitrogen and oxygen atoms in total. The van der Waals surface area contributed by atoms with Crippen molar-refractivity contribution in [1.29, 1.82) is 0 Å². The lowest BCUT2D eigenvalue weighted by atomic mass is 10.1. The fourth-order valence-electron chi connectivity index (χ4n) is 1.15. The fraction of sp³-hybridized carbons (Fsp3) is 0.300. The molecule has 0 heterocycles. The van der Waals surface area contributed by atoms with Crippen LogP contribution in [0.4, 0.5) is 13.2 Å². The zero-order chi connectivity index (χ0) is 11.5. The Hall–Kier alpha value is -1.36. The number of nitrogens with two attached hydrogens (primary N) is 1. The minimum Gasteiger partial charge on any atom is -0.321 e. The third kappa shape index (κ3) is 3.36. The van der Waals surface area contributed by atoms with E-state index in [1.165, 1.54) is 12.1 Å². The van der Waals surface area contributed by atoms with Gasteiger partial charge in [0, 0.05) is 0 Å². The second kappa shape index (κ2) is 4.44. The lowest BCUT2D eigenvalue weighted by molar-refractivity contribution is -0.137. The number of rotatable bonds is 3. The first-order chi connectivity index (χ1) is 6.93. The molecular weight excluding hydrogens is 207 g/mol. The first-order valence-corrected chi connectivity index (χ1v) is 4.30. The van der Waals surface area contributed by atoms with Crippen LogP contribution in [0.3, 0.4) is 0 Å². The Balaban J connectivity index is 2.77. The number of hydrogen-bond donors (Lipinski definition) is 1. The number of benzene rings is 1. The van der Waals surface area contributed by atoms with Crippen molar-refractivity contribution in [2.24, 2.45) is 5.73 Å². The summed E-state index contributed by atoms with van der Waals surface area (Å²) in [6, 6.07) is 3.94. The zero-order valence-corrected chi connectivity index (χ0v) is 7.79. The molecule has 1 aromatic rings. The second-order valence-corrected chi connectivity index (χ2v) is 3.20. The first-order valence-electron chi connectivity index (χ1n) is 4.30. The van der Waals surface area contributed by atoms with E-state index in [0.717, 1.165) is 12.1 Å². The zero-order valence-electron chi connectivity index (χ0n) is 7.79. The molecule has 0 aromatic heterocycles. The van der Waals surface area contributed by atoms with Crippen molar-refractivity contribution in [3.05, 3.63) is 35.4 Å². The van der Waals surface area contributed by atoms with Crippen LogP contribution in [-0.2, 0) is 17.4 Å². The topological polar surface area (TPSA) is 43.1 Å². The second-order valence-electron chi connectivity index (χ2n) is 3.20. The summed E-state index contributed by atoms with van der Waals surface area (Å²) < 4.78 is 36.5. The van der Waals surface area contributed by atoms with Crippen molar-refractivity contribution in [2.75, 3.05) is 0 Å². The summed E-state index contributed by atoms with van der Waals surface area (Å²) in [4.78, 5) is 10.2. The van der Waals surface area contributed by atoms with E-state index in [4.69, 9.17) is 5.73 Å². The van der Waals surface area contributed by atoms with Crippen molar-refractivity contribution >= 4 is 6.29 Å². The molecule has 0 aliphatic heterocycles. The molecule has 15 heavy (non-hydrogen) atoms. The Morgan fingerprint density at radius 3 is 2.20 bits per heavy atom. The van der Waals surface area contributed by atoms with Gasteiger partial charge in [-0.15, -0.1) is 0 Å². The Bertz CT molecular complexity index is 332. The van der Waals surface area contributed by atoms with E-state index in [-0.39, 0.29) is 6.42 Å². The maximum Gasteiger partial charge on any atom is 0.416 e. The van der Waals surface area contributed by atoms with Crippen LogP contribution in [0.5, 0.6) is 0 Å². The molecule has 0 aliphatic rings. The van der Waals surface area contributed by atoms with Gasteiger partial charge in [0.05, 0.1) is 11.6 Å². The van der Waals surface area contributed by atoms with Crippen LogP contribution in [0.25, 0.3) is 0 Å². The lowest BCUT2D eigenvalue weighted by Crippen LogP contribution is -2.24. The van der Waals surface area contributed by atoms with Gasteiger partial charge in [0.25, 0.3) is 0 Å². The maximum atomic E-state index is 12.2. The van der Waals surface area contributed by atoms with Crippen molar-refractivity contribution in [3.63, 3.8) is 0 Å². The third-order valence-electron chi connectivity index (χ3n) is 1.93. The summed E-state index contributed by atoms with van der Waals surface area (Å²) in [6.07, 6.45) is -3.51. The summed E-state index contributed by atoms with van der Waals surface area (Å²) in [6.45, 7) is 0. The van der Waals surface area contributed by atoms with Crippen molar-refractivity contribution in [1.82, 2.24) is 0 Å². The van der Waals surface area contributed by atoms with E-state index in [2.05, 4.69) is 0 Å². The minimum atomic E-state index is -4.33. The maximum absolute atomic E-state index is 12.2. The molecule has 1 atom stereocenters. The molecule has 0 saturated heterocycles. The highest BCUT2D eigenvalue weighted by atomic mass is 19.4. The first kappa shape index (κ1) is 11.7. The van der Waals surface area contributed by atoms with Crippen molar-refractivity contribution < 1.29 is 18.0 Å². The monoisotopic (exact) mass is 217 g/mol. The van der Waals surface area contributed by atoms with E-state index >= 15 is 0 Å². The number of aldehydes is 1. The number of halogens is 3. The van der Waals surface area contributed by atoms with Gasteiger partial charge in [-0.2, -0.15) is 13.2 Å². The van der Waals surface area contributed by atoms with Gasteiger partial charge in [0.2, 0.25) is 0 Å². The third-order valence-corrected chi connectivity index (χ3v) is 1.93. The van der Waals surface area contributed by atoms with Crippen molar-refractivity contribution in [3.8, 4) is 0 Å². The van der Waals surface area contributed by atoms with Gasteiger partial charge in [-0.1, -0.05) is 12.1 Å². The van der Waals surface area contributed by atoms with E-state index in [0.29, 0.717) is 11.8 Å². The van der Waals surface area contributed by atoms with Gasteiger partial charge in [-0.05, 0) is 24.1 Å². The Labute approximate surface area is 84.9 Å². The van der Waals surface area contributed by atoms with Gasteiger partial charge in [0.15, 0.2) is 0 Å². The number of carbonyl (C=O) groups is 1. The van der Waals surface area contributed by atoms with Crippen molar-refractivity contribution in [2.45, 2.75) is 18.6 Å². The molecule has 1 aromatic carbocycles. The highest BCUT2D eigenvalue weighted by molar-refractivity contribution is 5.57. The summed E-state index contributed by atoms with van der Waals surface area (Å²) >= 11 is 0. The number of alkyl halides is 3. The molecule has 5 heteroatoms. The molecule has 0 amide bonds. The van der Waals surface area contributed by atoms with Gasteiger partial charge in [0.1, 0.15) is 6.29 Å². The van der Waals surface area contributed by atoms with Gasteiger partial charge in [-0.3, -0.25) is 0 Å². The van der Waals surface area contributed by atoms with Gasteiger partial charge < -0.3 is 10.5 Å². The molecule has 0 spiro atoms.